The fourth-order valence-electron chi connectivity index (χ4n) is 4.28. The van der Waals surface area contributed by atoms with Crippen LogP contribution in [0.15, 0.2) is 42.7 Å². The second-order valence-corrected chi connectivity index (χ2v) is 9.03. The van der Waals surface area contributed by atoms with Crippen LogP contribution in [-0.2, 0) is 13.1 Å². The molecular weight excluding hydrogens is 374 g/mol. The van der Waals surface area contributed by atoms with E-state index in [0.717, 1.165) is 76.1 Å². The van der Waals surface area contributed by atoms with Crippen molar-refractivity contribution in [3.05, 3.63) is 53.9 Å². The average Bonchev–Trinajstić information content (AvgIpc) is 2.96. The third-order valence-electron chi connectivity index (χ3n) is 6.08. The van der Waals surface area contributed by atoms with Crippen molar-refractivity contribution in [3.63, 3.8) is 0 Å². The standard InChI is InChI=1S/C25H35N3O2/c1-20(2)7-11-28-14-15-29-25-6-5-21(16-22(25)19-28)18-27-12-8-23(9-13-27)30-24-4-3-10-26-17-24/h3-6,10,16-17,20,23H,7-9,11-15,18-19H2,1-2H3. The number of pyridine rings is 1. The smallest absolute Gasteiger partial charge is 0.137 e. The second-order valence-electron chi connectivity index (χ2n) is 9.03. The van der Waals surface area contributed by atoms with E-state index >= 15 is 0 Å². The van der Waals surface area contributed by atoms with Crippen molar-refractivity contribution in [2.75, 3.05) is 32.8 Å². The number of hydrogen-bond donors (Lipinski definition) is 0. The van der Waals surface area contributed by atoms with Crippen LogP contribution in [0.1, 0.15) is 44.2 Å². The normalized spacial score (nSPS) is 18.6. The van der Waals surface area contributed by atoms with Gasteiger partial charge in [0.2, 0.25) is 0 Å². The van der Waals surface area contributed by atoms with Crippen molar-refractivity contribution in [3.8, 4) is 11.5 Å². The highest BCUT2D eigenvalue weighted by Gasteiger charge is 2.22. The van der Waals surface area contributed by atoms with Gasteiger partial charge < -0.3 is 9.47 Å². The highest BCUT2D eigenvalue weighted by molar-refractivity contribution is 5.38. The Morgan fingerprint density at radius 3 is 2.77 bits per heavy atom. The quantitative estimate of drug-likeness (QED) is 0.679. The van der Waals surface area contributed by atoms with Crippen LogP contribution in [0.3, 0.4) is 0 Å². The Labute approximate surface area is 181 Å². The number of fused-ring (bicyclic) bond motifs is 1. The number of aromatic nitrogens is 1. The number of piperidine rings is 1. The summed E-state index contributed by atoms with van der Waals surface area (Å²) < 4.78 is 12.1. The molecule has 1 saturated heterocycles. The Balaban J connectivity index is 1.30. The molecule has 5 heteroatoms. The van der Waals surface area contributed by atoms with Gasteiger partial charge in [-0.1, -0.05) is 19.9 Å². The minimum absolute atomic E-state index is 0.292. The Bertz CT molecular complexity index is 788. The summed E-state index contributed by atoms with van der Waals surface area (Å²) in [6.45, 7) is 11.7. The summed E-state index contributed by atoms with van der Waals surface area (Å²) in [5.74, 6) is 2.68. The molecule has 1 fully saturated rings. The molecule has 162 valence electrons. The van der Waals surface area contributed by atoms with Crippen LogP contribution < -0.4 is 9.47 Å². The van der Waals surface area contributed by atoms with Gasteiger partial charge in [0.25, 0.3) is 0 Å². The molecule has 1 aromatic heterocycles. The third-order valence-corrected chi connectivity index (χ3v) is 6.08. The van der Waals surface area contributed by atoms with Gasteiger partial charge in [-0.05, 0) is 61.6 Å². The van der Waals surface area contributed by atoms with Gasteiger partial charge in [-0.2, -0.15) is 0 Å². The van der Waals surface area contributed by atoms with Gasteiger partial charge in [-0.25, -0.2) is 0 Å². The minimum Gasteiger partial charge on any atom is -0.492 e. The zero-order valence-corrected chi connectivity index (χ0v) is 18.4. The predicted molar refractivity (Wildman–Crippen MR) is 120 cm³/mol. The molecule has 0 bridgehead atoms. The van der Waals surface area contributed by atoms with E-state index in [2.05, 4.69) is 46.8 Å². The van der Waals surface area contributed by atoms with Crippen LogP contribution in [0.5, 0.6) is 11.5 Å². The molecule has 30 heavy (non-hydrogen) atoms. The molecule has 4 rings (SSSR count). The van der Waals surface area contributed by atoms with Gasteiger partial charge in [0.05, 0.1) is 6.20 Å². The van der Waals surface area contributed by atoms with E-state index in [1.807, 2.05) is 12.1 Å². The van der Waals surface area contributed by atoms with Gasteiger partial charge in [0.15, 0.2) is 0 Å². The van der Waals surface area contributed by atoms with Crippen LogP contribution in [0.25, 0.3) is 0 Å². The molecule has 3 heterocycles. The molecule has 2 aliphatic rings. The lowest BCUT2D eigenvalue weighted by Crippen LogP contribution is -2.37. The van der Waals surface area contributed by atoms with Crippen LogP contribution in [0.2, 0.25) is 0 Å². The first kappa shape index (κ1) is 21.1. The Morgan fingerprint density at radius 1 is 1.13 bits per heavy atom. The molecule has 2 aromatic rings. The zero-order valence-electron chi connectivity index (χ0n) is 18.4. The molecule has 0 spiro atoms. The van der Waals surface area contributed by atoms with Crippen molar-refractivity contribution >= 4 is 0 Å². The van der Waals surface area contributed by atoms with E-state index < -0.39 is 0 Å². The van der Waals surface area contributed by atoms with E-state index in [1.165, 1.54) is 17.5 Å². The van der Waals surface area contributed by atoms with E-state index in [9.17, 15) is 0 Å². The second kappa shape index (κ2) is 10.3. The molecule has 2 aliphatic heterocycles. The van der Waals surface area contributed by atoms with Crippen LogP contribution in [-0.4, -0.2) is 53.7 Å². The number of likely N-dealkylation sites (tertiary alicyclic amines) is 1. The minimum atomic E-state index is 0.292. The number of nitrogens with zero attached hydrogens (tertiary/aromatic N) is 3. The van der Waals surface area contributed by atoms with E-state index in [1.54, 1.807) is 12.4 Å². The average molecular weight is 410 g/mol. The summed E-state index contributed by atoms with van der Waals surface area (Å²) in [6, 6.07) is 10.7. The first-order valence-electron chi connectivity index (χ1n) is 11.4. The van der Waals surface area contributed by atoms with Crippen molar-refractivity contribution < 1.29 is 9.47 Å². The van der Waals surface area contributed by atoms with Gasteiger partial charge in [0.1, 0.15) is 24.2 Å². The predicted octanol–water partition coefficient (Wildman–Crippen LogP) is 4.37. The van der Waals surface area contributed by atoms with Crippen LogP contribution in [0.4, 0.5) is 0 Å². The van der Waals surface area contributed by atoms with Gasteiger partial charge >= 0.3 is 0 Å². The fraction of sp³-hybridized carbons (Fsp3) is 0.560. The zero-order chi connectivity index (χ0) is 20.8. The Kier molecular flexibility index (Phi) is 7.24. The van der Waals surface area contributed by atoms with Crippen molar-refractivity contribution in [2.45, 2.75) is 52.3 Å². The Hall–Kier alpha value is -2.11. The largest absolute Gasteiger partial charge is 0.492 e. The molecule has 0 atom stereocenters. The highest BCUT2D eigenvalue weighted by Crippen LogP contribution is 2.26. The van der Waals surface area contributed by atoms with Crippen molar-refractivity contribution in [2.24, 2.45) is 5.92 Å². The van der Waals surface area contributed by atoms with Crippen LogP contribution >= 0.6 is 0 Å². The third kappa shape index (κ3) is 5.96. The van der Waals surface area contributed by atoms with E-state index in [-0.39, 0.29) is 0 Å². The summed E-state index contributed by atoms with van der Waals surface area (Å²) in [7, 11) is 0. The molecule has 0 saturated carbocycles. The summed E-state index contributed by atoms with van der Waals surface area (Å²) in [4.78, 5) is 9.22. The molecule has 0 aliphatic carbocycles. The molecular formula is C25H35N3O2. The van der Waals surface area contributed by atoms with Crippen LogP contribution in [0, 0.1) is 5.92 Å². The lowest BCUT2D eigenvalue weighted by atomic mass is 10.0. The SMILES string of the molecule is CC(C)CCN1CCOc2ccc(CN3CCC(Oc4cccnc4)CC3)cc2C1. The maximum absolute atomic E-state index is 6.08. The number of benzene rings is 1. The van der Waals surface area contributed by atoms with Crippen molar-refractivity contribution in [1.82, 2.24) is 14.8 Å². The molecule has 1 aromatic carbocycles. The molecule has 0 unspecified atom stereocenters. The number of rotatable bonds is 7. The van der Waals surface area contributed by atoms with E-state index in [0.29, 0.717) is 6.10 Å². The van der Waals surface area contributed by atoms with Crippen molar-refractivity contribution in [1.29, 1.82) is 0 Å². The summed E-state index contributed by atoms with van der Waals surface area (Å²) in [5, 5.41) is 0. The maximum Gasteiger partial charge on any atom is 0.137 e. The first-order chi connectivity index (χ1) is 14.7. The number of hydrogen-bond acceptors (Lipinski definition) is 5. The summed E-state index contributed by atoms with van der Waals surface area (Å²) >= 11 is 0. The lowest BCUT2D eigenvalue weighted by molar-refractivity contribution is 0.0965. The molecule has 0 amide bonds. The fourth-order valence-corrected chi connectivity index (χ4v) is 4.28. The first-order valence-corrected chi connectivity index (χ1v) is 11.4. The monoisotopic (exact) mass is 409 g/mol. The number of ether oxygens (including phenoxy) is 2. The lowest BCUT2D eigenvalue weighted by Gasteiger charge is -2.32. The molecule has 0 N–H and O–H groups in total. The summed E-state index contributed by atoms with van der Waals surface area (Å²) in [6.07, 6.45) is 7.24. The molecule has 5 nitrogen and oxygen atoms in total. The topological polar surface area (TPSA) is 37.8 Å². The van der Waals surface area contributed by atoms with Gasteiger partial charge in [0, 0.05) is 44.5 Å². The maximum atomic E-state index is 6.08. The summed E-state index contributed by atoms with van der Waals surface area (Å²) in [5.41, 5.74) is 2.72. The van der Waals surface area contributed by atoms with Gasteiger partial charge in [-0.3, -0.25) is 14.8 Å². The van der Waals surface area contributed by atoms with E-state index in [4.69, 9.17) is 9.47 Å². The Morgan fingerprint density at radius 2 is 2.00 bits per heavy atom. The highest BCUT2D eigenvalue weighted by atomic mass is 16.5. The molecule has 0 radical (unpaired) electrons. The van der Waals surface area contributed by atoms with Gasteiger partial charge in [-0.15, -0.1) is 0 Å².